The molecular weight excluding hydrogens is 298 g/mol. The lowest BCUT2D eigenvalue weighted by Crippen LogP contribution is -2.23. The minimum absolute atomic E-state index is 0.107. The van der Waals surface area contributed by atoms with E-state index < -0.39 is 10.0 Å². The zero-order chi connectivity index (χ0) is 16.0. The number of hydrogen-bond acceptors (Lipinski definition) is 3. The van der Waals surface area contributed by atoms with Gasteiger partial charge in [0.25, 0.3) is 0 Å². The Kier molecular flexibility index (Phi) is 5.76. The quantitative estimate of drug-likeness (QED) is 0.485. The number of benzene rings is 1. The highest BCUT2D eigenvalue weighted by Gasteiger charge is 2.09. The molecule has 0 saturated heterocycles. The van der Waals surface area contributed by atoms with Crippen LogP contribution in [0.4, 0.5) is 0 Å². The highest BCUT2D eigenvalue weighted by molar-refractivity contribution is 7.89. The Morgan fingerprint density at radius 2 is 2.14 bits per heavy atom. The molecule has 0 aliphatic carbocycles. The average molecular weight is 321 g/mol. The number of hydrogen-bond donors (Lipinski definition) is 3. The van der Waals surface area contributed by atoms with Crippen LogP contribution in [-0.2, 0) is 22.9 Å². The highest BCUT2D eigenvalue weighted by atomic mass is 32.2. The Bertz CT molecular complexity index is 735. The number of fused-ring (bicyclic) bond motifs is 1. The van der Waals surface area contributed by atoms with Gasteiger partial charge in [-0.25, -0.2) is 13.1 Å². The number of aromatic nitrogens is 1. The molecule has 0 radical (unpaired) electrons. The topological polar surface area (TPSA) is 74.0 Å². The Hall–Kier alpha value is -1.63. The van der Waals surface area contributed by atoms with E-state index >= 15 is 0 Å². The lowest BCUT2D eigenvalue weighted by atomic mass is 10.1. The molecule has 2 aromatic rings. The van der Waals surface area contributed by atoms with Crippen LogP contribution in [0.15, 0.2) is 37.1 Å². The first-order valence-electron chi connectivity index (χ1n) is 7.37. The van der Waals surface area contributed by atoms with Crippen LogP contribution in [0.1, 0.15) is 11.1 Å². The van der Waals surface area contributed by atoms with Crippen LogP contribution in [0, 0.1) is 0 Å². The molecule has 0 saturated carbocycles. The van der Waals surface area contributed by atoms with Crippen molar-refractivity contribution in [3.05, 3.63) is 48.2 Å². The second-order valence-corrected chi connectivity index (χ2v) is 7.26. The van der Waals surface area contributed by atoms with E-state index in [1.165, 1.54) is 18.0 Å². The first-order valence-corrected chi connectivity index (χ1v) is 9.02. The fourth-order valence-electron chi connectivity index (χ4n) is 2.37. The molecule has 0 aliphatic rings. The molecule has 1 heterocycles. The maximum Gasteiger partial charge on any atom is 0.211 e. The lowest BCUT2D eigenvalue weighted by molar-refractivity contribution is 0.587. The van der Waals surface area contributed by atoms with Crippen molar-refractivity contribution >= 4 is 20.9 Å². The van der Waals surface area contributed by atoms with Crippen LogP contribution in [0.5, 0.6) is 0 Å². The van der Waals surface area contributed by atoms with Crippen LogP contribution in [0.25, 0.3) is 10.9 Å². The van der Waals surface area contributed by atoms with Crippen LogP contribution in [0.3, 0.4) is 0 Å². The van der Waals surface area contributed by atoms with E-state index in [-0.39, 0.29) is 5.75 Å². The predicted octanol–water partition coefficient (Wildman–Crippen LogP) is 1.58. The van der Waals surface area contributed by atoms with Gasteiger partial charge in [0.15, 0.2) is 0 Å². The molecule has 0 unspecified atom stereocenters. The van der Waals surface area contributed by atoms with Crippen LogP contribution >= 0.6 is 0 Å². The van der Waals surface area contributed by atoms with Crippen molar-refractivity contribution in [2.24, 2.45) is 0 Å². The van der Waals surface area contributed by atoms with E-state index in [4.69, 9.17) is 0 Å². The molecule has 0 bridgehead atoms. The standard InChI is InChI=1S/C16H23N3O2S/c1-3-8-18-9-6-14-12-19-16-5-4-13(11-15(14)16)7-10-22(20,21)17-2/h3-5,11-12,17-19H,1,6-10H2,2H3. The summed E-state index contributed by atoms with van der Waals surface area (Å²) >= 11 is 0. The van der Waals surface area contributed by atoms with Crippen molar-refractivity contribution in [2.75, 3.05) is 25.9 Å². The third-order valence-electron chi connectivity index (χ3n) is 3.66. The molecule has 120 valence electrons. The van der Waals surface area contributed by atoms with Crippen LogP contribution < -0.4 is 10.0 Å². The summed E-state index contributed by atoms with van der Waals surface area (Å²) in [4.78, 5) is 3.26. The van der Waals surface area contributed by atoms with E-state index in [1.54, 1.807) is 0 Å². The van der Waals surface area contributed by atoms with Gasteiger partial charge < -0.3 is 10.3 Å². The zero-order valence-corrected chi connectivity index (χ0v) is 13.7. The summed E-state index contributed by atoms with van der Waals surface area (Å²) in [5.74, 6) is 0.107. The van der Waals surface area contributed by atoms with Gasteiger partial charge >= 0.3 is 0 Å². The van der Waals surface area contributed by atoms with Gasteiger partial charge in [-0.1, -0.05) is 12.1 Å². The van der Waals surface area contributed by atoms with Crippen molar-refractivity contribution < 1.29 is 8.42 Å². The van der Waals surface area contributed by atoms with E-state index in [0.717, 1.165) is 30.6 Å². The number of rotatable bonds is 9. The van der Waals surface area contributed by atoms with Gasteiger partial charge in [0, 0.05) is 23.6 Å². The van der Waals surface area contributed by atoms with Crippen molar-refractivity contribution in [1.82, 2.24) is 15.0 Å². The Balaban J connectivity index is 2.09. The molecule has 0 aliphatic heterocycles. The van der Waals surface area contributed by atoms with Crippen molar-refractivity contribution in [2.45, 2.75) is 12.8 Å². The van der Waals surface area contributed by atoms with Crippen molar-refractivity contribution in [3.63, 3.8) is 0 Å². The molecule has 0 amide bonds. The molecule has 0 fully saturated rings. The summed E-state index contributed by atoms with van der Waals surface area (Å²) in [5, 5.41) is 4.45. The first-order chi connectivity index (χ1) is 10.6. The van der Waals surface area contributed by atoms with Gasteiger partial charge in [0.05, 0.1) is 5.75 Å². The van der Waals surface area contributed by atoms with E-state index in [2.05, 4.69) is 27.7 Å². The molecule has 6 heteroatoms. The van der Waals surface area contributed by atoms with E-state index in [1.807, 2.05) is 24.4 Å². The smallest absolute Gasteiger partial charge is 0.211 e. The number of nitrogens with one attached hydrogen (secondary N) is 3. The van der Waals surface area contributed by atoms with Crippen molar-refractivity contribution in [1.29, 1.82) is 0 Å². The average Bonchev–Trinajstić information content (AvgIpc) is 2.92. The number of aromatic amines is 1. The minimum Gasteiger partial charge on any atom is -0.361 e. The van der Waals surface area contributed by atoms with Crippen LogP contribution in [0.2, 0.25) is 0 Å². The van der Waals surface area contributed by atoms with E-state index in [0.29, 0.717) is 6.42 Å². The van der Waals surface area contributed by atoms with Gasteiger partial charge in [0.2, 0.25) is 10.0 Å². The molecular formula is C16H23N3O2S. The maximum atomic E-state index is 11.5. The monoisotopic (exact) mass is 321 g/mol. The molecule has 1 aromatic heterocycles. The normalized spacial score (nSPS) is 11.9. The number of aryl methyl sites for hydroxylation is 1. The Labute approximate surface area is 131 Å². The van der Waals surface area contributed by atoms with Gasteiger partial charge in [-0.15, -0.1) is 6.58 Å². The van der Waals surface area contributed by atoms with Crippen LogP contribution in [-0.4, -0.2) is 39.3 Å². The summed E-state index contributed by atoms with van der Waals surface area (Å²) in [6.45, 7) is 5.37. The maximum absolute atomic E-state index is 11.5. The summed E-state index contributed by atoms with van der Waals surface area (Å²) < 4.78 is 25.4. The molecule has 0 atom stereocenters. The summed E-state index contributed by atoms with van der Waals surface area (Å²) in [6.07, 6.45) is 5.30. The largest absolute Gasteiger partial charge is 0.361 e. The van der Waals surface area contributed by atoms with Gasteiger partial charge in [-0.05, 0) is 49.7 Å². The Morgan fingerprint density at radius 3 is 2.86 bits per heavy atom. The first kappa shape index (κ1) is 16.7. The fourth-order valence-corrected chi connectivity index (χ4v) is 3.08. The molecule has 22 heavy (non-hydrogen) atoms. The van der Waals surface area contributed by atoms with Gasteiger partial charge in [-0.2, -0.15) is 0 Å². The third-order valence-corrected chi connectivity index (χ3v) is 5.03. The molecule has 3 N–H and O–H groups in total. The lowest BCUT2D eigenvalue weighted by Gasteiger charge is -2.05. The molecule has 2 rings (SSSR count). The SMILES string of the molecule is C=CCNCCc1c[nH]c2ccc(CCS(=O)(=O)NC)cc12. The van der Waals surface area contributed by atoms with Gasteiger partial charge in [-0.3, -0.25) is 0 Å². The zero-order valence-electron chi connectivity index (χ0n) is 12.9. The molecule has 1 aromatic carbocycles. The second kappa shape index (κ2) is 7.58. The molecule has 5 nitrogen and oxygen atoms in total. The van der Waals surface area contributed by atoms with E-state index in [9.17, 15) is 8.42 Å². The molecule has 0 spiro atoms. The number of sulfonamides is 1. The second-order valence-electron chi connectivity index (χ2n) is 5.21. The summed E-state index contributed by atoms with van der Waals surface area (Å²) in [6, 6.07) is 6.07. The minimum atomic E-state index is -3.17. The highest BCUT2D eigenvalue weighted by Crippen LogP contribution is 2.20. The summed E-state index contributed by atoms with van der Waals surface area (Å²) in [5.41, 5.74) is 3.36. The fraction of sp³-hybridized carbons (Fsp3) is 0.375. The summed E-state index contributed by atoms with van der Waals surface area (Å²) in [7, 11) is -1.72. The number of H-pyrrole nitrogens is 1. The third kappa shape index (κ3) is 4.43. The van der Waals surface area contributed by atoms with Gasteiger partial charge in [0.1, 0.15) is 0 Å². The predicted molar refractivity (Wildman–Crippen MR) is 91.6 cm³/mol. The van der Waals surface area contributed by atoms with Crippen molar-refractivity contribution in [3.8, 4) is 0 Å². The Morgan fingerprint density at radius 1 is 1.32 bits per heavy atom.